The van der Waals surface area contributed by atoms with Gasteiger partial charge in [0.05, 0.1) is 41.2 Å². The molecule has 1 amide bonds. The van der Waals surface area contributed by atoms with Crippen molar-refractivity contribution in [1.29, 1.82) is 5.26 Å². The molecule has 0 aliphatic carbocycles. The van der Waals surface area contributed by atoms with Gasteiger partial charge in [-0.2, -0.15) is 5.26 Å². The van der Waals surface area contributed by atoms with E-state index in [1.807, 2.05) is 37.4 Å². The quantitative estimate of drug-likeness (QED) is 0.699. The second kappa shape index (κ2) is 8.39. The van der Waals surface area contributed by atoms with E-state index in [1.165, 1.54) is 0 Å². The molecule has 0 N–H and O–H groups in total. The Bertz CT molecular complexity index is 1200. The highest BCUT2D eigenvalue weighted by atomic mass is 32.2. The van der Waals surface area contributed by atoms with E-state index in [1.54, 1.807) is 23.6 Å². The number of rotatable bonds is 3. The molecule has 4 heterocycles. The number of carbonyl (C=O) groups excluding carboxylic acids is 1. The Balaban J connectivity index is 1.71. The Morgan fingerprint density at radius 3 is 2.81 bits per heavy atom. The van der Waals surface area contributed by atoms with E-state index in [-0.39, 0.29) is 6.09 Å². The van der Waals surface area contributed by atoms with Gasteiger partial charge in [0.2, 0.25) is 0 Å². The summed E-state index contributed by atoms with van der Waals surface area (Å²) in [5.74, 6) is 0. The van der Waals surface area contributed by atoms with Crippen LogP contribution >= 0.6 is 0 Å². The highest BCUT2D eigenvalue weighted by molar-refractivity contribution is 7.84. The maximum Gasteiger partial charge on any atom is 0.410 e. The molecule has 1 unspecified atom stereocenters. The third-order valence-corrected chi connectivity index (χ3v) is 5.94. The van der Waals surface area contributed by atoms with Gasteiger partial charge in [-0.15, -0.1) is 0 Å². The van der Waals surface area contributed by atoms with Crippen LogP contribution in [0, 0.1) is 11.3 Å². The van der Waals surface area contributed by atoms with Gasteiger partial charge in [-0.25, -0.2) is 14.8 Å². The van der Waals surface area contributed by atoms with E-state index in [0.29, 0.717) is 42.3 Å². The fraction of sp³-hybridized carbons (Fsp3) is 0.455. The van der Waals surface area contributed by atoms with Gasteiger partial charge in [0.25, 0.3) is 0 Å². The zero-order chi connectivity index (χ0) is 23.0. The van der Waals surface area contributed by atoms with Crippen molar-refractivity contribution in [3.8, 4) is 6.07 Å². The zero-order valence-corrected chi connectivity index (χ0v) is 19.3. The van der Waals surface area contributed by atoms with E-state index in [9.17, 15) is 9.00 Å². The molecular weight excluding hydrogens is 430 g/mol. The van der Waals surface area contributed by atoms with Crippen LogP contribution in [0.15, 0.2) is 29.8 Å². The maximum absolute atomic E-state index is 12.6. The van der Waals surface area contributed by atoms with E-state index in [2.05, 4.69) is 16.0 Å². The van der Waals surface area contributed by atoms with Crippen molar-refractivity contribution < 1.29 is 18.5 Å². The molecule has 9 nitrogen and oxygen atoms in total. The van der Waals surface area contributed by atoms with Crippen molar-refractivity contribution in [2.24, 2.45) is 0 Å². The van der Waals surface area contributed by atoms with Crippen molar-refractivity contribution in [1.82, 2.24) is 19.3 Å². The van der Waals surface area contributed by atoms with Crippen molar-refractivity contribution in [2.45, 2.75) is 50.3 Å². The first-order chi connectivity index (χ1) is 15.2. The predicted molar refractivity (Wildman–Crippen MR) is 119 cm³/mol. The molecule has 0 fully saturated rings. The molecule has 0 spiro atoms. The average Bonchev–Trinajstić information content (AvgIpc) is 3.38. The largest absolute Gasteiger partial charge is 0.482 e. The number of hydrogen-bond donors (Lipinski definition) is 0. The van der Waals surface area contributed by atoms with Crippen LogP contribution in [0.3, 0.4) is 0 Å². The van der Waals surface area contributed by atoms with E-state index in [0.717, 1.165) is 16.8 Å². The minimum Gasteiger partial charge on any atom is -0.482 e. The van der Waals surface area contributed by atoms with E-state index < -0.39 is 22.5 Å². The zero-order valence-electron chi connectivity index (χ0n) is 18.5. The van der Waals surface area contributed by atoms with Crippen LogP contribution in [0.4, 0.5) is 4.79 Å². The molecule has 0 aromatic carbocycles. The summed E-state index contributed by atoms with van der Waals surface area (Å²) in [5, 5.41) is 9.50. The van der Waals surface area contributed by atoms with Crippen molar-refractivity contribution in [3.63, 3.8) is 0 Å². The number of carbonyl (C=O) groups is 1. The number of aromatic nitrogens is 3. The van der Waals surface area contributed by atoms with Crippen LogP contribution in [0.1, 0.15) is 45.0 Å². The Morgan fingerprint density at radius 2 is 2.16 bits per heavy atom. The summed E-state index contributed by atoms with van der Waals surface area (Å²) >= 11 is 0. The number of nitriles is 1. The topological polar surface area (TPSA) is 110 Å². The molecule has 0 saturated heterocycles. The molecule has 0 saturated carbocycles. The van der Waals surface area contributed by atoms with Crippen LogP contribution in [0.25, 0.3) is 16.8 Å². The highest BCUT2D eigenvalue weighted by Crippen LogP contribution is 2.30. The van der Waals surface area contributed by atoms with Crippen LogP contribution in [-0.4, -0.2) is 60.6 Å². The highest BCUT2D eigenvalue weighted by Gasteiger charge is 2.27. The predicted octanol–water partition coefficient (Wildman–Crippen LogP) is 3.14. The summed E-state index contributed by atoms with van der Waals surface area (Å²) in [6.45, 7) is 6.41. The first-order valence-corrected chi connectivity index (χ1v) is 11.9. The Morgan fingerprint density at radius 1 is 1.38 bits per heavy atom. The summed E-state index contributed by atoms with van der Waals surface area (Å²) in [7, 11) is -1.38. The van der Waals surface area contributed by atoms with Crippen molar-refractivity contribution >= 4 is 33.7 Å². The molecule has 32 heavy (non-hydrogen) atoms. The van der Waals surface area contributed by atoms with Gasteiger partial charge < -0.3 is 14.4 Å². The lowest BCUT2D eigenvalue weighted by atomic mass is 10.1. The Kier molecular flexibility index (Phi) is 5.77. The number of nitrogens with zero attached hydrogens (tertiary/aromatic N) is 5. The molecule has 0 radical (unpaired) electrons. The minimum absolute atomic E-state index is 0.343. The third kappa shape index (κ3) is 4.39. The third-order valence-electron chi connectivity index (χ3n) is 5.12. The van der Waals surface area contributed by atoms with Gasteiger partial charge >= 0.3 is 6.09 Å². The number of amides is 1. The normalized spacial score (nSPS) is 19.7. The van der Waals surface area contributed by atoms with Gasteiger partial charge in [0.15, 0.2) is 16.8 Å². The van der Waals surface area contributed by atoms with Crippen LogP contribution in [0.5, 0.6) is 0 Å². The lowest BCUT2D eigenvalue weighted by molar-refractivity contribution is 0.0273. The van der Waals surface area contributed by atoms with Gasteiger partial charge in [0.1, 0.15) is 11.7 Å². The molecule has 168 valence electrons. The summed E-state index contributed by atoms with van der Waals surface area (Å²) < 4.78 is 25.2. The molecule has 2 aromatic heterocycles. The lowest BCUT2D eigenvalue weighted by Gasteiger charge is -2.30. The van der Waals surface area contributed by atoms with Crippen LogP contribution in [-0.2, 0) is 20.3 Å². The molecular formula is C22H25N5O4S. The lowest BCUT2D eigenvalue weighted by Crippen LogP contribution is -2.39. The second-order valence-corrected chi connectivity index (χ2v) is 10.0. The molecule has 2 atom stereocenters. The first kappa shape index (κ1) is 22.0. The minimum atomic E-state index is -1.38. The van der Waals surface area contributed by atoms with Crippen LogP contribution in [0.2, 0.25) is 0 Å². The molecule has 4 rings (SSSR count). The number of hydrogen-bond acceptors (Lipinski definition) is 7. The van der Waals surface area contributed by atoms with Gasteiger partial charge in [-0.3, -0.25) is 8.61 Å². The van der Waals surface area contributed by atoms with Crippen molar-refractivity contribution in [3.05, 3.63) is 36.1 Å². The number of imidazole rings is 1. The maximum atomic E-state index is 12.6. The SMILES string of the molecule is CS(=O)c1nc(C2=CCCN(C(=O)OC(C)(C)C)C2)cn2c(C3=CO[C@H](C#N)C3)cnc12. The Hall–Kier alpha value is -3.19. The van der Waals surface area contributed by atoms with Gasteiger partial charge in [-0.05, 0) is 32.8 Å². The molecule has 2 aliphatic heterocycles. The van der Waals surface area contributed by atoms with E-state index in [4.69, 9.17) is 14.7 Å². The van der Waals surface area contributed by atoms with Crippen molar-refractivity contribution in [2.75, 3.05) is 19.3 Å². The summed E-state index contributed by atoms with van der Waals surface area (Å²) in [4.78, 5) is 23.3. The summed E-state index contributed by atoms with van der Waals surface area (Å²) in [6, 6.07) is 2.10. The molecule has 0 bridgehead atoms. The standard InChI is InChI=1S/C22H25N5O4S/c1-22(2,3)31-21(28)26-7-5-6-14(11-26)17-12-27-18(15-8-16(9-23)30-13-15)10-24-19(27)20(25-17)32(4)29/h6,10,12-13,16H,5,7-8,11H2,1-4H3/t16-,32?/m0/s1. The Labute approximate surface area is 188 Å². The van der Waals surface area contributed by atoms with Crippen LogP contribution < -0.4 is 0 Å². The molecule has 10 heteroatoms. The molecule has 2 aliphatic rings. The second-order valence-electron chi connectivity index (χ2n) is 8.74. The average molecular weight is 456 g/mol. The van der Waals surface area contributed by atoms with E-state index >= 15 is 0 Å². The summed E-state index contributed by atoms with van der Waals surface area (Å²) in [5.41, 5.74) is 2.97. The monoisotopic (exact) mass is 455 g/mol. The molecule has 2 aromatic rings. The number of fused-ring (bicyclic) bond motifs is 1. The fourth-order valence-electron chi connectivity index (χ4n) is 3.66. The van der Waals surface area contributed by atoms with Gasteiger partial charge in [-0.1, -0.05) is 6.08 Å². The summed E-state index contributed by atoms with van der Waals surface area (Å²) in [6.07, 6.45) is 8.89. The number of ether oxygens (including phenoxy) is 2. The first-order valence-electron chi connectivity index (χ1n) is 10.3. The van der Waals surface area contributed by atoms with Gasteiger partial charge in [0, 0.05) is 31.0 Å². The smallest absolute Gasteiger partial charge is 0.410 e. The fourth-order valence-corrected chi connectivity index (χ4v) is 4.29.